The summed E-state index contributed by atoms with van der Waals surface area (Å²) >= 11 is 11.3. The van der Waals surface area contributed by atoms with Crippen molar-refractivity contribution in [3.63, 3.8) is 0 Å². The van der Waals surface area contributed by atoms with Gasteiger partial charge in [0.15, 0.2) is 0 Å². The largest absolute Gasteiger partial charge is 0.457 e. The summed E-state index contributed by atoms with van der Waals surface area (Å²) in [5, 5.41) is 7.73. The Morgan fingerprint density at radius 1 is 0.828 bits per heavy atom. The van der Waals surface area contributed by atoms with Gasteiger partial charge in [0.2, 0.25) is 0 Å². The van der Waals surface area contributed by atoms with Crippen LogP contribution in [0.25, 0.3) is 0 Å². The fourth-order valence-electron chi connectivity index (χ4n) is 3.15. The van der Waals surface area contributed by atoms with Gasteiger partial charge in [-0.15, -0.1) is 0 Å². The molecule has 0 N–H and O–H groups in total. The van der Waals surface area contributed by atoms with Crippen molar-refractivity contribution >= 4 is 23.2 Å². The molecule has 1 aromatic carbocycles. The van der Waals surface area contributed by atoms with Crippen LogP contribution in [0.5, 0.6) is 0 Å². The Balaban J connectivity index is 3.13. The molecular formula is C17H8Cl2F9N. The first-order valence-corrected chi connectivity index (χ1v) is 8.25. The molecule has 2 rings (SSSR count). The average Bonchev–Trinajstić information content (AvgIpc) is 2.57. The highest BCUT2D eigenvalue weighted by Gasteiger charge is 2.87. The normalized spacial score (nSPS) is 19.7. The molecule has 0 bridgehead atoms. The van der Waals surface area contributed by atoms with Gasteiger partial charge >= 0.3 is 18.3 Å². The van der Waals surface area contributed by atoms with E-state index in [1.165, 1.54) is 6.07 Å². The molecule has 12 heteroatoms. The molecule has 0 radical (unpaired) electrons. The maximum atomic E-state index is 15.6. The first-order valence-electron chi connectivity index (χ1n) is 7.49. The first-order chi connectivity index (χ1) is 13.0. The van der Waals surface area contributed by atoms with Gasteiger partial charge in [-0.1, -0.05) is 53.6 Å². The second-order valence-corrected chi connectivity index (χ2v) is 7.08. The van der Waals surface area contributed by atoms with E-state index in [1.807, 2.05) is 0 Å². The maximum absolute atomic E-state index is 15.6. The van der Waals surface area contributed by atoms with Gasteiger partial charge in [-0.25, -0.2) is 4.39 Å². The third kappa shape index (κ3) is 3.38. The van der Waals surface area contributed by atoms with E-state index in [2.05, 4.69) is 0 Å². The van der Waals surface area contributed by atoms with Crippen LogP contribution in [-0.4, -0.2) is 23.9 Å². The molecule has 0 amide bonds. The van der Waals surface area contributed by atoms with Crippen LogP contribution in [0.15, 0.2) is 46.5 Å². The number of benzene rings is 1. The number of rotatable bonds is 3. The van der Waals surface area contributed by atoms with Gasteiger partial charge in [-0.2, -0.15) is 40.4 Å². The van der Waals surface area contributed by atoms with Crippen molar-refractivity contribution in [2.45, 2.75) is 35.8 Å². The fraction of sp³-hybridized carbons (Fsp3) is 0.353. The van der Waals surface area contributed by atoms with Crippen molar-refractivity contribution < 1.29 is 39.5 Å². The zero-order valence-electron chi connectivity index (χ0n) is 13.8. The van der Waals surface area contributed by atoms with Crippen LogP contribution in [0.2, 0.25) is 0 Å². The van der Waals surface area contributed by atoms with Crippen LogP contribution >= 0.6 is 23.2 Å². The van der Waals surface area contributed by atoms with E-state index in [-0.39, 0.29) is 12.2 Å². The number of allylic oxidation sites excluding steroid dienone is 4. The van der Waals surface area contributed by atoms with Crippen molar-refractivity contribution in [3.8, 4) is 6.07 Å². The highest BCUT2D eigenvalue weighted by molar-refractivity contribution is 6.34. The molecule has 1 aliphatic rings. The highest BCUT2D eigenvalue weighted by atomic mass is 35.5. The Morgan fingerprint density at radius 2 is 1.31 bits per heavy atom. The Hall–Kier alpha value is -1.86. The number of hydrogen-bond acceptors (Lipinski definition) is 1. The molecule has 0 saturated heterocycles. The SMILES string of the molecule is N#Cc1ccccc1C1(C(F)(C(F)(F)F)C(F)(F)C(F)(F)F)C=C(Cl)CC(Cl)=C1. The monoisotopic (exact) mass is 467 g/mol. The van der Waals surface area contributed by atoms with E-state index >= 15 is 4.39 Å². The number of nitriles is 1. The molecule has 1 aliphatic carbocycles. The maximum Gasteiger partial charge on any atom is 0.457 e. The Bertz CT molecular complexity index is 891. The second-order valence-electron chi connectivity index (χ2n) is 6.11. The summed E-state index contributed by atoms with van der Waals surface area (Å²) in [5.41, 5.74) is -12.1. The van der Waals surface area contributed by atoms with E-state index in [0.717, 1.165) is 18.2 Å². The van der Waals surface area contributed by atoms with Crippen LogP contribution in [0.1, 0.15) is 17.5 Å². The smallest absolute Gasteiger partial charge is 0.225 e. The zero-order chi connectivity index (χ0) is 22.5. The number of alkyl halides is 9. The van der Waals surface area contributed by atoms with E-state index in [9.17, 15) is 35.1 Å². The molecule has 0 heterocycles. The molecule has 29 heavy (non-hydrogen) atoms. The van der Waals surface area contributed by atoms with Crippen LogP contribution < -0.4 is 0 Å². The van der Waals surface area contributed by atoms with E-state index in [1.54, 1.807) is 0 Å². The predicted molar refractivity (Wildman–Crippen MR) is 86.2 cm³/mol. The molecule has 0 spiro atoms. The van der Waals surface area contributed by atoms with Gasteiger partial charge in [0.1, 0.15) is 0 Å². The van der Waals surface area contributed by atoms with Crippen molar-refractivity contribution in [1.29, 1.82) is 5.26 Å². The van der Waals surface area contributed by atoms with Crippen LogP contribution in [0.4, 0.5) is 39.5 Å². The van der Waals surface area contributed by atoms with Gasteiger partial charge in [0.05, 0.1) is 17.0 Å². The Kier molecular flexibility index (Phi) is 5.76. The van der Waals surface area contributed by atoms with Crippen LogP contribution in [-0.2, 0) is 5.41 Å². The number of halogens is 11. The van der Waals surface area contributed by atoms with Gasteiger partial charge in [-0.3, -0.25) is 0 Å². The second kappa shape index (κ2) is 7.13. The fourth-order valence-corrected chi connectivity index (χ4v) is 3.85. The predicted octanol–water partition coefficient (Wildman–Crippen LogP) is 6.91. The third-order valence-electron chi connectivity index (χ3n) is 4.35. The van der Waals surface area contributed by atoms with Crippen molar-refractivity contribution in [2.75, 3.05) is 0 Å². The molecule has 1 nitrogen and oxygen atoms in total. The van der Waals surface area contributed by atoms with Crippen LogP contribution in [0, 0.1) is 11.3 Å². The van der Waals surface area contributed by atoms with Gasteiger partial charge < -0.3 is 0 Å². The lowest BCUT2D eigenvalue weighted by atomic mass is 9.62. The molecule has 0 saturated carbocycles. The summed E-state index contributed by atoms with van der Waals surface area (Å²) < 4.78 is 124. The minimum absolute atomic E-state index is 0.0871. The summed E-state index contributed by atoms with van der Waals surface area (Å²) in [6.45, 7) is 0. The number of hydrogen-bond donors (Lipinski definition) is 0. The minimum Gasteiger partial charge on any atom is -0.225 e. The lowest BCUT2D eigenvalue weighted by molar-refractivity contribution is -0.392. The molecule has 1 unspecified atom stereocenters. The molecule has 1 aromatic rings. The average molecular weight is 468 g/mol. The molecule has 0 aliphatic heterocycles. The van der Waals surface area contributed by atoms with Crippen molar-refractivity contribution in [2.24, 2.45) is 0 Å². The minimum atomic E-state index is -6.94. The lowest BCUT2D eigenvalue weighted by Crippen LogP contribution is -2.71. The highest BCUT2D eigenvalue weighted by Crippen LogP contribution is 2.63. The summed E-state index contributed by atoms with van der Waals surface area (Å²) in [6.07, 6.45) is -14.1. The summed E-state index contributed by atoms with van der Waals surface area (Å²) in [4.78, 5) is 0. The van der Waals surface area contributed by atoms with Crippen molar-refractivity contribution in [3.05, 3.63) is 57.6 Å². The standard InChI is InChI=1S/C17H8Cl2F9N/c18-10-5-11(19)7-13(6-10,12-4-2-1-3-9(12)8-29)14(20,16(23,24)25)15(21,22)17(26,27)28/h1-4,6-7H,5H2. The molecule has 158 valence electrons. The lowest BCUT2D eigenvalue weighted by Gasteiger charge is -2.48. The van der Waals surface area contributed by atoms with E-state index in [4.69, 9.17) is 28.5 Å². The van der Waals surface area contributed by atoms with Crippen LogP contribution in [0.3, 0.4) is 0 Å². The van der Waals surface area contributed by atoms with Gasteiger partial charge in [0.25, 0.3) is 5.67 Å². The molecular weight excluding hydrogens is 460 g/mol. The third-order valence-corrected chi connectivity index (χ3v) is 4.83. The molecule has 1 atom stereocenters. The Labute approximate surface area is 168 Å². The zero-order valence-corrected chi connectivity index (χ0v) is 15.3. The van der Waals surface area contributed by atoms with Crippen molar-refractivity contribution in [1.82, 2.24) is 0 Å². The summed E-state index contributed by atoms with van der Waals surface area (Å²) in [6, 6.07) is 4.85. The van der Waals surface area contributed by atoms with E-state index < -0.39 is 57.0 Å². The summed E-state index contributed by atoms with van der Waals surface area (Å²) in [5.74, 6) is -6.94. The topological polar surface area (TPSA) is 23.8 Å². The number of nitrogens with zero attached hydrogens (tertiary/aromatic N) is 1. The Morgan fingerprint density at radius 3 is 1.72 bits per heavy atom. The molecule has 0 fully saturated rings. The molecule has 0 aromatic heterocycles. The van der Waals surface area contributed by atoms with E-state index in [0.29, 0.717) is 6.07 Å². The van der Waals surface area contributed by atoms with Gasteiger partial charge in [-0.05, 0) is 11.6 Å². The van der Waals surface area contributed by atoms with Gasteiger partial charge in [0, 0.05) is 16.5 Å². The summed E-state index contributed by atoms with van der Waals surface area (Å²) in [7, 11) is 0. The first kappa shape index (κ1) is 23.4. The quantitative estimate of drug-likeness (QED) is 0.443.